The fourth-order valence-corrected chi connectivity index (χ4v) is 3.71. The molecule has 0 aliphatic heterocycles. The minimum absolute atomic E-state index is 0.213. The number of nitrogens with one attached hydrogen (secondary N) is 1. The third kappa shape index (κ3) is 13.0. The van der Waals surface area contributed by atoms with Crippen LogP contribution in [0.3, 0.4) is 0 Å². The van der Waals surface area contributed by atoms with Crippen molar-refractivity contribution >= 4 is 17.5 Å². The molecule has 31 heavy (non-hydrogen) atoms. The molecule has 0 aliphatic carbocycles. The molecular formula is C27H44N2O2. The predicted molar refractivity (Wildman–Crippen MR) is 132 cm³/mol. The van der Waals surface area contributed by atoms with Gasteiger partial charge in [0.2, 0.25) is 11.8 Å². The Hall–Kier alpha value is -2.10. The smallest absolute Gasteiger partial charge is 0.247 e. The fraction of sp³-hybridized carbons (Fsp3) is 0.630. The molecule has 4 heteroatoms. The molecule has 0 heterocycles. The van der Waals surface area contributed by atoms with Crippen LogP contribution >= 0.6 is 0 Å². The monoisotopic (exact) mass is 428 g/mol. The summed E-state index contributed by atoms with van der Waals surface area (Å²) in [6.45, 7) is 9.67. The highest BCUT2D eigenvalue weighted by molar-refractivity contribution is 5.98. The van der Waals surface area contributed by atoms with Crippen molar-refractivity contribution in [1.29, 1.82) is 0 Å². The average Bonchev–Trinajstić information content (AvgIpc) is 2.78. The summed E-state index contributed by atoms with van der Waals surface area (Å²) in [6.07, 6.45) is 16.6. The number of unbranched alkanes of at least 4 members (excludes halogenated alkanes) is 10. The molecule has 2 amide bonds. The van der Waals surface area contributed by atoms with Crippen LogP contribution in [0.15, 0.2) is 36.9 Å². The Morgan fingerprint density at radius 2 is 1.29 bits per heavy atom. The van der Waals surface area contributed by atoms with Gasteiger partial charge in [0.1, 0.15) is 0 Å². The van der Waals surface area contributed by atoms with Gasteiger partial charge in [-0.15, -0.1) is 0 Å². The highest BCUT2D eigenvalue weighted by Gasteiger charge is 2.14. The summed E-state index contributed by atoms with van der Waals surface area (Å²) >= 11 is 0. The lowest BCUT2D eigenvalue weighted by Gasteiger charge is -2.23. The van der Waals surface area contributed by atoms with E-state index >= 15 is 0 Å². The molecule has 174 valence electrons. The van der Waals surface area contributed by atoms with Crippen LogP contribution in [0.5, 0.6) is 0 Å². The Kier molecular flexibility index (Phi) is 15.3. The van der Waals surface area contributed by atoms with Gasteiger partial charge in [-0.2, -0.15) is 0 Å². The number of benzene rings is 1. The molecule has 0 saturated carbocycles. The zero-order valence-electron chi connectivity index (χ0n) is 20.0. The van der Waals surface area contributed by atoms with E-state index in [-0.39, 0.29) is 11.8 Å². The van der Waals surface area contributed by atoms with Crippen molar-refractivity contribution in [1.82, 2.24) is 4.90 Å². The van der Waals surface area contributed by atoms with Crippen molar-refractivity contribution in [3.63, 3.8) is 0 Å². The summed E-state index contributed by atoms with van der Waals surface area (Å²) in [5.74, 6) is -0.0159. The number of carbonyl (C=O) groups is 2. The van der Waals surface area contributed by atoms with Gasteiger partial charge in [-0.1, -0.05) is 96.8 Å². The first-order chi connectivity index (χ1) is 15.1. The second-order valence-electron chi connectivity index (χ2n) is 8.48. The SMILES string of the molecule is C=CC(=O)Nc1ccc(CC(=O)N(CCCCCCCC)CCCCCCCC)cc1. The molecule has 4 nitrogen and oxygen atoms in total. The molecule has 1 rings (SSSR count). The second kappa shape index (κ2) is 17.6. The normalized spacial score (nSPS) is 10.6. The zero-order valence-corrected chi connectivity index (χ0v) is 20.0. The molecule has 1 N–H and O–H groups in total. The lowest BCUT2D eigenvalue weighted by atomic mass is 10.1. The highest BCUT2D eigenvalue weighted by atomic mass is 16.2. The molecule has 0 bridgehead atoms. The molecule has 1 aromatic rings. The van der Waals surface area contributed by atoms with E-state index in [0.717, 1.165) is 37.2 Å². The van der Waals surface area contributed by atoms with Gasteiger partial charge in [0, 0.05) is 18.8 Å². The number of hydrogen-bond donors (Lipinski definition) is 1. The topological polar surface area (TPSA) is 49.4 Å². The zero-order chi connectivity index (χ0) is 22.7. The molecule has 0 saturated heterocycles. The molecule has 0 unspecified atom stereocenters. The Labute approximate surface area is 190 Å². The lowest BCUT2D eigenvalue weighted by molar-refractivity contribution is -0.130. The van der Waals surface area contributed by atoms with Gasteiger partial charge in [-0.25, -0.2) is 0 Å². The van der Waals surface area contributed by atoms with Gasteiger partial charge in [0.05, 0.1) is 6.42 Å². The summed E-state index contributed by atoms with van der Waals surface area (Å²) in [5.41, 5.74) is 1.70. The van der Waals surface area contributed by atoms with E-state index in [1.165, 1.54) is 70.3 Å². The number of rotatable bonds is 18. The van der Waals surface area contributed by atoms with E-state index < -0.39 is 0 Å². The minimum Gasteiger partial charge on any atom is -0.342 e. The van der Waals surface area contributed by atoms with Gasteiger partial charge < -0.3 is 10.2 Å². The summed E-state index contributed by atoms with van der Waals surface area (Å²) in [5, 5.41) is 2.74. The van der Waals surface area contributed by atoms with Crippen LogP contribution in [0, 0.1) is 0 Å². The summed E-state index contributed by atoms with van der Waals surface area (Å²) < 4.78 is 0. The molecule has 0 aliphatic rings. The Morgan fingerprint density at radius 3 is 1.77 bits per heavy atom. The van der Waals surface area contributed by atoms with E-state index in [2.05, 4.69) is 30.6 Å². The third-order valence-corrected chi connectivity index (χ3v) is 5.68. The van der Waals surface area contributed by atoms with Crippen molar-refractivity contribution in [2.75, 3.05) is 18.4 Å². The predicted octanol–water partition coefficient (Wildman–Crippen LogP) is 6.90. The number of nitrogens with zero attached hydrogens (tertiary/aromatic N) is 1. The van der Waals surface area contributed by atoms with Gasteiger partial charge >= 0.3 is 0 Å². The maximum Gasteiger partial charge on any atom is 0.247 e. The number of amides is 2. The average molecular weight is 429 g/mol. The third-order valence-electron chi connectivity index (χ3n) is 5.68. The van der Waals surface area contributed by atoms with Crippen molar-refractivity contribution < 1.29 is 9.59 Å². The number of hydrogen-bond acceptors (Lipinski definition) is 2. The van der Waals surface area contributed by atoms with E-state index in [0.29, 0.717) is 6.42 Å². The Bertz CT molecular complexity index is 609. The van der Waals surface area contributed by atoms with E-state index in [1.54, 1.807) is 0 Å². The first-order valence-corrected chi connectivity index (χ1v) is 12.4. The van der Waals surface area contributed by atoms with Crippen LogP contribution < -0.4 is 5.32 Å². The van der Waals surface area contributed by atoms with Crippen molar-refractivity contribution in [3.05, 3.63) is 42.5 Å². The van der Waals surface area contributed by atoms with Gasteiger partial charge in [0.15, 0.2) is 0 Å². The Morgan fingerprint density at radius 1 is 0.806 bits per heavy atom. The summed E-state index contributed by atoms with van der Waals surface area (Å²) in [4.78, 5) is 26.5. The number of anilines is 1. The van der Waals surface area contributed by atoms with Crippen LogP contribution in [0.1, 0.15) is 96.5 Å². The largest absolute Gasteiger partial charge is 0.342 e. The van der Waals surface area contributed by atoms with Crippen LogP contribution in [0.2, 0.25) is 0 Å². The van der Waals surface area contributed by atoms with Crippen LogP contribution in [-0.2, 0) is 16.0 Å². The first-order valence-electron chi connectivity index (χ1n) is 12.4. The summed E-state index contributed by atoms with van der Waals surface area (Å²) in [7, 11) is 0. The standard InChI is InChI=1S/C27H44N2O2/c1-4-7-9-11-13-15-21-29(22-16-14-12-10-8-5-2)27(31)23-24-17-19-25(20-18-24)28-26(30)6-3/h6,17-20H,3-5,7-16,21-23H2,1-2H3,(H,28,30). The fourth-order valence-electron chi connectivity index (χ4n) is 3.71. The van der Waals surface area contributed by atoms with Crippen molar-refractivity contribution in [2.45, 2.75) is 97.3 Å². The molecule has 0 aromatic heterocycles. The van der Waals surface area contributed by atoms with Gasteiger partial charge in [-0.3, -0.25) is 9.59 Å². The van der Waals surface area contributed by atoms with E-state index in [9.17, 15) is 9.59 Å². The molecule has 0 fully saturated rings. The van der Waals surface area contributed by atoms with E-state index in [1.807, 2.05) is 24.3 Å². The summed E-state index contributed by atoms with van der Waals surface area (Å²) in [6, 6.07) is 7.53. The van der Waals surface area contributed by atoms with E-state index in [4.69, 9.17) is 0 Å². The maximum absolute atomic E-state index is 13.0. The van der Waals surface area contributed by atoms with Crippen molar-refractivity contribution in [2.24, 2.45) is 0 Å². The Balaban J connectivity index is 2.53. The maximum atomic E-state index is 13.0. The lowest BCUT2D eigenvalue weighted by Crippen LogP contribution is -2.34. The van der Waals surface area contributed by atoms with Crippen LogP contribution in [-0.4, -0.2) is 29.8 Å². The van der Waals surface area contributed by atoms with Crippen molar-refractivity contribution in [3.8, 4) is 0 Å². The van der Waals surface area contributed by atoms with Gasteiger partial charge in [0.25, 0.3) is 0 Å². The quantitative estimate of drug-likeness (QED) is 0.204. The highest BCUT2D eigenvalue weighted by Crippen LogP contribution is 2.13. The number of carbonyl (C=O) groups excluding carboxylic acids is 2. The molecule has 0 atom stereocenters. The second-order valence-corrected chi connectivity index (χ2v) is 8.48. The minimum atomic E-state index is -0.229. The van der Waals surface area contributed by atoms with Crippen LogP contribution in [0.4, 0.5) is 5.69 Å². The molecular weight excluding hydrogens is 384 g/mol. The first kappa shape index (κ1) is 26.9. The molecule has 0 spiro atoms. The molecule has 1 aromatic carbocycles. The van der Waals surface area contributed by atoms with Gasteiger partial charge in [-0.05, 0) is 36.6 Å². The van der Waals surface area contributed by atoms with Crippen LogP contribution in [0.25, 0.3) is 0 Å². The molecule has 0 radical (unpaired) electrons.